The quantitative estimate of drug-likeness (QED) is 0.842. The molecule has 0 atom stereocenters. The van der Waals surface area contributed by atoms with Gasteiger partial charge in [-0.2, -0.15) is 5.26 Å². The van der Waals surface area contributed by atoms with Crippen molar-refractivity contribution in [3.8, 4) is 6.07 Å². The summed E-state index contributed by atoms with van der Waals surface area (Å²) in [4.78, 5) is 11.9. The number of nitrogens with one attached hydrogen (secondary N) is 2. The highest BCUT2D eigenvalue weighted by atomic mass is 32.2. The standard InChI is InChI=1S/C17H17N3O3S/c1-2-10-19-17(21)14-6-8-16(9-7-14)24(22,23)20-15-5-3-4-13(11-15)12-18/h3-9,11,20H,2,10H2,1H3,(H,19,21). The van der Waals surface area contributed by atoms with Crippen LogP contribution in [0, 0.1) is 11.3 Å². The molecule has 24 heavy (non-hydrogen) atoms. The number of hydrogen-bond acceptors (Lipinski definition) is 4. The number of hydrogen-bond donors (Lipinski definition) is 2. The molecular formula is C17H17N3O3S. The highest BCUT2D eigenvalue weighted by molar-refractivity contribution is 7.92. The largest absolute Gasteiger partial charge is 0.352 e. The summed E-state index contributed by atoms with van der Waals surface area (Å²) < 4.78 is 27.1. The molecule has 0 bridgehead atoms. The van der Waals surface area contributed by atoms with Crippen molar-refractivity contribution in [1.82, 2.24) is 5.32 Å². The minimum absolute atomic E-state index is 0.0388. The molecule has 7 heteroatoms. The van der Waals surface area contributed by atoms with Gasteiger partial charge in [-0.15, -0.1) is 0 Å². The number of nitriles is 1. The number of amides is 1. The number of benzene rings is 2. The van der Waals surface area contributed by atoms with E-state index in [9.17, 15) is 13.2 Å². The molecule has 0 saturated heterocycles. The first-order chi connectivity index (χ1) is 11.5. The van der Waals surface area contributed by atoms with Gasteiger partial charge in [-0.25, -0.2) is 8.42 Å². The molecule has 2 aromatic carbocycles. The molecule has 1 amide bonds. The number of carbonyl (C=O) groups is 1. The number of nitrogens with zero attached hydrogens (tertiary/aromatic N) is 1. The molecule has 2 N–H and O–H groups in total. The first-order valence-electron chi connectivity index (χ1n) is 7.37. The predicted molar refractivity (Wildman–Crippen MR) is 91.0 cm³/mol. The number of sulfonamides is 1. The normalized spacial score (nSPS) is 10.7. The van der Waals surface area contributed by atoms with E-state index in [0.29, 0.717) is 23.4 Å². The van der Waals surface area contributed by atoms with Crippen molar-refractivity contribution < 1.29 is 13.2 Å². The number of rotatable bonds is 6. The van der Waals surface area contributed by atoms with Gasteiger partial charge in [0.2, 0.25) is 0 Å². The van der Waals surface area contributed by atoms with E-state index < -0.39 is 10.0 Å². The van der Waals surface area contributed by atoms with Crippen LogP contribution >= 0.6 is 0 Å². The second-order valence-electron chi connectivity index (χ2n) is 5.08. The maximum atomic E-state index is 12.4. The Balaban J connectivity index is 2.17. The summed E-state index contributed by atoms with van der Waals surface area (Å²) in [5, 5.41) is 11.6. The Morgan fingerprint density at radius 2 is 1.88 bits per heavy atom. The number of anilines is 1. The SMILES string of the molecule is CCCNC(=O)c1ccc(S(=O)(=O)Nc2cccc(C#N)c2)cc1. The molecule has 0 unspecified atom stereocenters. The monoisotopic (exact) mass is 343 g/mol. The minimum atomic E-state index is -3.79. The lowest BCUT2D eigenvalue weighted by atomic mass is 10.2. The van der Waals surface area contributed by atoms with Crippen molar-refractivity contribution in [2.75, 3.05) is 11.3 Å². The molecule has 0 aromatic heterocycles. The van der Waals surface area contributed by atoms with Gasteiger partial charge >= 0.3 is 0 Å². The Morgan fingerprint density at radius 3 is 2.50 bits per heavy atom. The predicted octanol–water partition coefficient (Wildman–Crippen LogP) is 2.50. The summed E-state index contributed by atoms with van der Waals surface area (Å²) >= 11 is 0. The van der Waals surface area contributed by atoms with Crippen molar-refractivity contribution in [1.29, 1.82) is 5.26 Å². The molecule has 0 aliphatic heterocycles. The topological polar surface area (TPSA) is 99.1 Å². The molecule has 0 saturated carbocycles. The second-order valence-corrected chi connectivity index (χ2v) is 6.76. The third-order valence-corrected chi connectivity index (χ3v) is 4.60. The fourth-order valence-corrected chi connectivity index (χ4v) is 3.04. The van der Waals surface area contributed by atoms with Gasteiger partial charge in [0.15, 0.2) is 0 Å². The second kappa shape index (κ2) is 7.62. The van der Waals surface area contributed by atoms with E-state index in [4.69, 9.17) is 5.26 Å². The summed E-state index contributed by atoms with van der Waals surface area (Å²) in [6.45, 7) is 2.51. The van der Waals surface area contributed by atoms with Gasteiger partial charge in [0.05, 0.1) is 22.2 Å². The van der Waals surface area contributed by atoms with Crippen molar-refractivity contribution >= 4 is 21.6 Å². The highest BCUT2D eigenvalue weighted by Gasteiger charge is 2.15. The Labute approximate surface area is 141 Å². The molecule has 124 valence electrons. The van der Waals surface area contributed by atoms with Crippen molar-refractivity contribution in [2.24, 2.45) is 0 Å². The first kappa shape index (κ1) is 17.5. The van der Waals surface area contributed by atoms with Crippen LogP contribution in [0.5, 0.6) is 0 Å². The first-order valence-corrected chi connectivity index (χ1v) is 8.86. The van der Waals surface area contributed by atoms with E-state index in [1.807, 2.05) is 13.0 Å². The third-order valence-electron chi connectivity index (χ3n) is 3.21. The Hall–Kier alpha value is -2.85. The lowest BCUT2D eigenvalue weighted by Gasteiger charge is -2.09. The van der Waals surface area contributed by atoms with Crippen LogP contribution in [-0.2, 0) is 10.0 Å². The van der Waals surface area contributed by atoms with E-state index in [0.717, 1.165) is 6.42 Å². The van der Waals surface area contributed by atoms with Crippen LogP contribution < -0.4 is 10.0 Å². The van der Waals surface area contributed by atoms with E-state index >= 15 is 0 Å². The molecule has 6 nitrogen and oxygen atoms in total. The molecule has 0 heterocycles. The Kier molecular flexibility index (Phi) is 5.55. The minimum Gasteiger partial charge on any atom is -0.352 e. The fourth-order valence-electron chi connectivity index (χ4n) is 1.99. The van der Waals surface area contributed by atoms with Crippen LogP contribution in [0.1, 0.15) is 29.3 Å². The lowest BCUT2D eigenvalue weighted by Crippen LogP contribution is -2.24. The van der Waals surface area contributed by atoms with Crippen molar-refractivity contribution in [2.45, 2.75) is 18.2 Å². The molecule has 0 fully saturated rings. The van der Waals surface area contributed by atoms with Gasteiger partial charge in [-0.3, -0.25) is 9.52 Å². The van der Waals surface area contributed by atoms with E-state index in [1.54, 1.807) is 18.2 Å². The zero-order valence-electron chi connectivity index (χ0n) is 13.1. The molecule has 0 radical (unpaired) electrons. The van der Waals surface area contributed by atoms with Crippen LogP contribution in [0.25, 0.3) is 0 Å². The van der Waals surface area contributed by atoms with Gasteiger partial charge in [-0.1, -0.05) is 13.0 Å². The van der Waals surface area contributed by atoms with Crippen LogP contribution in [0.15, 0.2) is 53.4 Å². The van der Waals surface area contributed by atoms with Crippen LogP contribution in [0.2, 0.25) is 0 Å². The number of carbonyl (C=O) groups excluding carboxylic acids is 1. The molecule has 0 aliphatic carbocycles. The molecule has 0 aliphatic rings. The van der Waals surface area contributed by atoms with Crippen LogP contribution in [0.3, 0.4) is 0 Å². The zero-order valence-corrected chi connectivity index (χ0v) is 13.9. The molecular weight excluding hydrogens is 326 g/mol. The zero-order chi connectivity index (χ0) is 17.6. The summed E-state index contributed by atoms with van der Waals surface area (Å²) in [6.07, 6.45) is 0.823. The summed E-state index contributed by atoms with van der Waals surface area (Å²) in [5.74, 6) is -0.240. The van der Waals surface area contributed by atoms with E-state index in [1.165, 1.54) is 30.3 Å². The van der Waals surface area contributed by atoms with Crippen LogP contribution in [0.4, 0.5) is 5.69 Å². The van der Waals surface area contributed by atoms with Gasteiger partial charge in [-0.05, 0) is 48.9 Å². The molecule has 2 rings (SSSR count). The Bertz CT molecular complexity index is 869. The molecule has 2 aromatic rings. The van der Waals surface area contributed by atoms with Crippen molar-refractivity contribution in [3.63, 3.8) is 0 Å². The molecule has 0 spiro atoms. The average molecular weight is 343 g/mol. The maximum absolute atomic E-state index is 12.4. The lowest BCUT2D eigenvalue weighted by molar-refractivity contribution is 0.0953. The summed E-state index contributed by atoms with van der Waals surface area (Å²) in [6, 6.07) is 13.8. The highest BCUT2D eigenvalue weighted by Crippen LogP contribution is 2.17. The maximum Gasteiger partial charge on any atom is 0.261 e. The van der Waals surface area contributed by atoms with Gasteiger partial charge in [0.25, 0.3) is 15.9 Å². The summed E-state index contributed by atoms with van der Waals surface area (Å²) in [5.41, 5.74) is 1.06. The fraction of sp³-hybridized carbons (Fsp3) is 0.176. The Morgan fingerprint density at radius 1 is 1.17 bits per heavy atom. The van der Waals surface area contributed by atoms with Gasteiger partial charge in [0.1, 0.15) is 0 Å². The third kappa shape index (κ3) is 4.33. The average Bonchev–Trinajstić information content (AvgIpc) is 2.59. The van der Waals surface area contributed by atoms with Gasteiger partial charge < -0.3 is 5.32 Å². The summed E-state index contributed by atoms with van der Waals surface area (Å²) in [7, 11) is -3.79. The smallest absolute Gasteiger partial charge is 0.261 e. The van der Waals surface area contributed by atoms with Crippen molar-refractivity contribution in [3.05, 3.63) is 59.7 Å². The van der Waals surface area contributed by atoms with Crippen LogP contribution in [-0.4, -0.2) is 20.9 Å². The van der Waals surface area contributed by atoms with E-state index in [2.05, 4.69) is 10.0 Å². The van der Waals surface area contributed by atoms with Gasteiger partial charge in [0, 0.05) is 12.1 Å². The van der Waals surface area contributed by atoms with E-state index in [-0.39, 0.29) is 10.8 Å².